The van der Waals surface area contributed by atoms with Gasteiger partial charge in [-0.25, -0.2) is 4.79 Å². The molecule has 0 saturated carbocycles. The molecule has 1 N–H and O–H groups in total. The number of hydrogen-bond acceptors (Lipinski definition) is 2. The SMILES string of the molecule is CN1CCC(CC#CC(=O)O)C1. The maximum absolute atomic E-state index is 10.1. The van der Waals surface area contributed by atoms with Crippen molar-refractivity contribution >= 4 is 5.97 Å². The van der Waals surface area contributed by atoms with E-state index in [0.29, 0.717) is 5.92 Å². The highest BCUT2D eigenvalue weighted by atomic mass is 16.4. The molecular formula is C9H13NO2. The number of hydrogen-bond donors (Lipinski definition) is 1. The molecule has 1 atom stereocenters. The minimum Gasteiger partial charge on any atom is -0.472 e. The van der Waals surface area contributed by atoms with Gasteiger partial charge in [0.15, 0.2) is 0 Å². The summed E-state index contributed by atoms with van der Waals surface area (Å²) in [6, 6.07) is 0. The maximum Gasteiger partial charge on any atom is 0.381 e. The molecule has 12 heavy (non-hydrogen) atoms. The lowest BCUT2D eigenvalue weighted by molar-refractivity contribution is -0.130. The van der Waals surface area contributed by atoms with E-state index in [1.807, 2.05) is 0 Å². The summed E-state index contributed by atoms with van der Waals surface area (Å²) in [6.45, 7) is 2.16. The lowest BCUT2D eigenvalue weighted by Gasteiger charge is -2.05. The first-order valence-corrected chi connectivity index (χ1v) is 4.09. The summed E-state index contributed by atoms with van der Waals surface area (Å²) in [5.74, 6) is 4.35. The zero-order valence-electron chi connectivity index (χ0n) is 7.21. The lowest BCUT2D eigenvalue weighted by Crippen LogP contribution is -2.13. The Labute approximate surface area is 72.4 Å². The standard InChI is InChI=1S/C9H13NO2/c1-10-6-5-8(7-10)3-2-4-9(11)12/h8H,3,5-7H2,1H3,(H,11,12). The maximum atomic E-state index is 10.1. The zero-order valence-corrected chi connectivity index (χ0v) is 7.21. The van der Waals surface area contributed by atoms with Gasteiger partial charge < -0.3 is 10.0 Å². The third kappa shape index (κ3) is 2.93. The predicted octanol–water partition coefficient (Wildman–Crippen LogP) is 0.416. The van der Waals surface area contributed by atoms with Gasteiger partial charge in [-0.3, -0.25) is 0 Å². The van der Waals surface area contributed by atoms with Crippen LogP contribution in [0.15, 0.2) is 0 Å². The molecule has 0 aromatic rings. The number of likely N-dealkylation sites (tertiary alicyclic amines) is 1. The fraction of sp³-hybridized carbons (Fsp3) is 0.667. The Morgan fingerprint density at radius 1 is 1.75 bits per heavy atom. The summed E-state index contributed by atoms with van der Waals surface area (Å²) in [5, 5.41) is 8.26. The summed E-state index contributed by atoms with van der Waals surface area (Å²) < 4.78 is 0. The molecule has 0 bridgehead atoms. The van der Waals surface area contributed by atoms with Crippen LogP contribution in [0.3, 0.4) is 0 Å². The highest BCUT2D eigenvalue weighted by Gasteiger charge is 2.17. The van der Waals surface area contributed by atoms with Crippen LogP contribution in [0.1, 0.15) is 12.8 Å². The lowest BCUT2D eigenvalue weighted by atomic mass is 10.1. The second-order valence-electron chi connectivity index (χ2n) is 3.23. The van der Waals surface area contributed by atoms with E-state index in [0.717, 1.165) is 25.9 Å². The zero-order chi connectivity index (χ0) is 8.97. The monoisotopic (exact) mass is 167 g/mol. The van der Waals surface area contributed by atoms with Gasteiger partial charge in [-0.2, -0.15) is 0 Å². The summed E-state index contributed by atoms with van der Waals surface area (Å²) in [6.07, 6.45) is 1.86. The Hall–Kier alpha value is -1.01. The largest absolute Gasteiger partial charge is 0.472 e. The van der Waals surface area contributed by atoms with E-state index in [9.17, 15) is 4.79 Å². The Kier molecular flexibility index (Phi) is 3.12. The highest BCUT2D eigenvalue weighted by Crippen LogP contribution is 2.16. The quantitative estimate of drug-likeness (QED) is 0.575. The summed E-state index contributed by atoms with van der Waals surface area (Å²) >= 11 is 0. The average Bonchev–Trinajstić information content (AvgIpc) is 2.35. The molecule has 1 aliphatic heterocycles. The van der Waals surface area contributed by atoms with Gasteiger partial charge in [-0.05, 0) is 25.9 Å². The van der Waals surface area contributed by atoms with E-state index in [1.54, 1.807) is 0 Å². The van der Waals surface area contributed by atoms with Crippen LogP contribution in [-0.4, -0.2) is 36.1 Å². The van der Waals surface area contributed by atoms with Crippen LogP contribution in [-0.2, 0) is 4.79 Å². The summed E-state index contributed by atoms with van der Waals surface area (Å²) in [4.78, 5) is 12.3. The van der Waals surface area contributed by atoms with Crippen LogP contribution in [0.5, 0.6) is 0 Å². The molecule has 0 aliphatic carbocycles. The van der Waals surface area contributed by atoms with Gasteiger partial charge in [0.05, 0.1) is 0 Å². The van der Waals surface area contributed by atoms with Crippen LogP contribution < -0.4 is 0 Å². The number of carbonyl (C=O) groups is 1. The predicted molar refractivity (Wildman–Crippen MR) is 45.6 cm³/mol. The van der Waals surface area contributed by atoms with E-state index in [4.69, 9.17) is 5.11 Å². The van der Waals surface area contributed by atoms with Crippen molar-refractivity contribution in [3.05, 3.63) is 0 Å². The van der Waals surface area contributed by atoms with Gasteiger partial charge in [0.2, 0.25) is 0 Å². The average molecular weight is 167 g/mol. The number of carboxylic acids is 1. The van der Waals surface area contributed by atoms with Crippen molar-refractivity contribution in [1.82, 2.24) is 4.90 Å². The van der Waals surface area contributed by atoms with E-state index in [2.05, 4.69) is 23.8 Å². The highest BCUT2D eigenvalue weighted by molar-refractivity contribution is 5.86. The molecule has 0 amide bonds. The molecule has 1 unspecified atom stereocenters. The number of carboxylic acid groups (broad SMARTS) is 1. The molecule has 3 nitrogen and oxygen atoms in total. The molecule has 0 radical (unpaired) electrons. The van der Waals surface area contributed by atoms with Crippen molar-refractivity contribution in [2.24, 2.45) is 5.92 Å². The number of aliphatic carboxylic acids is 1. The third-order valence-electron chi connectivity index (χ3n) is 2.07. The van der Waals surface area contributed by atoms with Crippen LogP contribution in [0, 0.1) is 17.8 Å². The number of rotatable bonds is 1. The van der Waals surface area contributed by atoms with Crippen LogP contribution >= 0.6 is 0 Å². The van der Waals surface area contributed by atoms with E-state index >= 15 is 0 Å². The van der Waals surface area contributed by atoms with Gasteiger partial charge >= 0.3 is 5.97 Å². The number of nitrogens with zero attached hydrogens (tertiary/aromatic N) is 1. The van der Waals surface area contributed by atoms with Crippen LogP contribution in [0.2, 0.25) is 0 Å². The molecule has 1 fully saturated rings. The van der Waals surface area contributed by atoms with Crippen LogP contribution in [0.25, 0.3) is 0 Å². The van der Waals surface area contributed by atoms with Gasteiger partial charge in [0, 0.05) is 18.9 Å². The van der Waals surface area contributed by atoms with Crippen molar-refractivity contribution in [3.63, 3.8) is 0 Å². The second-order valence-corrected chi connectivity index (χ2v) is 3.23. The van der Waals surface area contributed by atoms with Crippen molar-refractivity contribution in [2.45, 2.75) is 12.8 Å². The molecule has 0 aromatic heterocycles. The van der Waals surface area contributed by atoms with Crippen LogP contribution in [0.4, 0.5) is 0 Å². The molecule has 1 rings (SSSR count). The van der Waals surface area contributed by atoms with E-state index < -0.39 is 5.97 Å². The van der Waals surface area contributed by atoms with Gasteiger partial charge in [-0.15, -0.1) is 0 Å². The molecular weight excluding hydrogens is 154 g/mol. The van der Waals surface area contributed by atoms with Crippen molar-refractivity contribution in [1.29, 1.82) is 0 Å². The molecule has 1 aliphatic rings. The Balaban J connectivity index is 2.25. The minimum atomic E-state index is -1.03. The minimum absolute atomic E-state index is 0.571. The molecule has 3 heteroatoms. The second kappa shape index (κ2) is 4.13. The summed E-state index contributed by atoms with van der Waals surface area (Å²) in [5.41, 5.74) is 0. The molecule has 0 aromatic carbocycles. The van der Waals surface area contributed by atoms with Gasteiger partial charge in [0.1, 0.15) is 0 Å². The summed E-state index contributed by atoms with van der Waals surface area (Å²) in [7, 11) is 2.07. The topological polar surface area (TPSA) is 40.5 Å². The smallest absolute Gasteiger partial charge is 0.381 e. The van der Waals surface area contributed by atoms with Crippen molar-refractivity contribution < 1.29 is 9.90 Å². The van der Waals surface area contributed by atoms with E-state index in [1.165, 1.54) is 0 Å². The van der Waals surface area contributed by atoms with Crippen molar-refractivity contribution in [3.8, 4) is 11.8 Å². The van der Waals surface area contributed by atoms with Crippen molar-refractivity contribution in [2.75, 3.05) is 20.1 Å². The van der Waals surface area contributed by atoms with Gasteiger partial charge in [0.25, 0.3) is 0 Å². The Morgan fingerprint density at radius 3 is 3.00 bits per heavy atom. The molecule has 1 heterocycles. The molecule has 0 spiro atoms. The molecule has 1 saturated heterocycles. The fourth-order valence-electron chi connectivity index (χ4n) is 1.46. The third-order valence-corrected chi connectivity index (χ3v) is 2.07. The normalized spacial score (nSPS) is 23.2. The first kappa shape index (κ1) is 9.08. The fourth-order valence-corrected chi connectivity index (χ4v) is 1.46. The Bertz CT molecular complexity index is 226. The first-order chi connectivity index (χ1) is 5.68. The van der Waals surface area contributed by atoms with E-state index in [-0.39, 0.29) is 0 Å². The first-order valence-electron chi connectivity index (χ1n) is 4.09. The Morgan fingerprint density at radius 2 is 2.50 bits per heavy atom. The molecule has 66 valence electrons. The van der Waals surface area contributed by atoms with Gasteiger partial charge in [-0.1, -0.05) is 5.92 Å².